The quantitative estimate of drug-likeness (QED) is 0.867. The third-order valence-electron chi connectivity index (χ3n) is 2.49. The first-order valence-electron chi connectivity index (χ1n) is 5.01. The highest BCUT2D eigenvalue weighted by Gasteiger charge is 2.28. The van der Waals surface area contributed by atoms with Crippen LogP contribution in [0.5, 0.6) is 0 Å². The van der Waals surface area contributed by atoms with E-state index in [-0.39, 0.29) is 5.56 Å². The monoisotopic (exact) mass is 246 g/mol. The molecular weight excluding hydrogens is 234 g/mol. The molecule has 0 saturated carbocycles. The van der Waals surface area contributed by atoms with E-state index in [4.69, 9.17) is 4.74 Å². The van der Waals surface area contributed by atoms with Crippen LogP contribution < -0.4 is 0 Å². The SMILES string of the molecule is OC(c1c(F)cccc1F)C1CSCCO1. The second-order valence-electron chi connectivity index (χ2n) is 3.56. The summed E-state index contributed by atoms with van der Waals surface area (Å²) in [5.74, 6) is -0.0592. The summed E-state index contributed by atoms with van der Waals surface area (Å²) in [4.78, 5) is 0. The molecule has 1 heterocycles. The molecule has 0 aromatic heterocycles. The molecule has 0 spiro atoms. The van der Waals surface area contributed by atoms with Crippen molar-refractivity contribution < 1.29 is 18.6 Å². The van der Waals surface area contributed by atoms with E-state index in [9.17, 15) is 13.9 Å². The van der Waals surface area contributed by atoms with Crippen molar-refractivity contribution in [3.8, 4) is 0 Å². The van der Waals surface area contributed by atoms with Crippen molar-refractivity contribution in [2.75, 3.05) is 18.1 Å². The fourth-order valence-electron chi connectivity index (χ4n) is 1.67. The van der Waals surface area contributed by atoms with Crippen LogP contribution in [0.4, 0.5) is 8.78 Å². The van der Waals surface area contributed by atoms with Gasteiger partial charge in [-0.05, 0) is 12.1 Å². The average molecular weight is 246 g/mol. The van der Waals surface area contributed by atoms with Crippen molar-refractivity contribution >= 4 is 11.8 Å². The Bertz CT molecular complexity index is 347. The summed E-state index contributed by atoms with van der Waals surface area (Å²) >= 11 is 1.61. The minimum atomic E-state index is -1.24. The number of hydrogen-bond donors (Lipinski definition) is 1. The van der Waals surface area contributed by atoms with Gasteiger partial charge in [0, 0.05) is 11.5 Å². The van der Waals surface area contributed by atoms with Gasteiger partial charge >= 0.3 is 0 Å². The van der Waals surface area contributed by atoms with Crippen LogP contribution in [-0.4, -0.2) is 29.3 Å². The molecule has 1 N–H and O–H groups in total. The number of thioether (sulfide) groups is 1. The van der Waals surface area contributed by atoms with Crippen LogP contribution in [0.1, 0.15) is 11.7 Å². The lowest BCUT2D eigenvalue weighted by Gasteiger charge is -2.27. The molecule has 1 saturated heterocycles. The molecule has 16 heavy (non-hydrogen) atoms. The van der Waals surface area contributed by atoms with Gasteiger partial charge in [-0.15, -0.1) is 0 Å². The molecule has 0 amide bonds. The molecule has 1 aliphatic heterocycles. The summed E-state index contributed by atoms with van der Waals surface area (Å²) in [6, 6.07) is 3.55. The van der Waals surface area contributed by atoms with Gasteiger partial charge in [0.25, 0.3) is 0 Å². The van der Waals surface area contributed by atoms with E-state index in [1.807, 2.05) is 0 Å². The second kappa shape index (κ2) is 5.12. The van der Waals surface area contributed by atoms with Gasteiger partial charge in [-0.25, -0.2) is 8.78 Å². The van der Waals surface area contributed by atoms with Gasteiger partial charge in [-0.3, -0.25) is 0 Å². The molecule has 1 aliphatic rings. The van der Waals surface area contributed by atoms with Crippen molar-refractivity contribution in [2.45, 2.75) is 12.2 Å². The smallest absolute Gasteiger partial charge is 0.132 e. The Labute approximate surface area is 96.6 Å². The predicted molar refractivity (Wildman–Crippen MR) is 58.4 cm³/mol. The van der Waals surface area contributed by atoms with Crippen LogP contribution in [-0.2, 0) is 4.74 Å². The van der Waals surface area contributed by atoms with E-state index in [0.717, 1.165) is 17.9 Å². The van der Waals surface area contributed by atoms with Crippen LogP contribution in [0, 0.1) is 11.6 Å². The third-order valence-corrected chi connectivity index (χ3v) is 3.51. The molecule has 0 aliphatic carbocycles. The van der Waals surface area contributed by atoms with Gasteiger partial charge in [0.05, 0.1) is 18.3 Å². The van der Waals surface area contributed by atoms with Gasteiger partial charge in [0.15, 0.2) is 0 Å². The van der Waals surface area contributed by atoms with Gasteiger partial charge in [0.2, 0.25) is 0 Å². The molecule has 1 aromatic rings. The highest BCUT2D eigenvalue weighted by molar-refractivity contribution is 7.99. The van der Waals surface area contributed by atoms with Crippen molar-refractivity contribution in [1.29, 1.82) is 0 Å². The maximum absolute atomic E-state index is 13.4. The normalized spacial score (nSPS) is 23.1. The molecule has 0 bridgehead atoms. The Morgan fingerprint density at radius 2 is 2.06 bits per heavy atom. The minimum absolute atomic E-state index is 0.296. The first kappa shape index (κ1) is 11.8. The van der Waals surface area contributed by atoms with Gasteiger partial charge in [0.1, 0.15) is 17.7 Å². The van der Waals surface area contributed by atoms with Crippen molar-refractivity contribution in [3.63, 3.8) is 0 Å². The Hall–Kier alpha value is -0.650. The zero-order chi connectivity index (χ0) is 11.5. The maximum atomic E-state index is 13.4. The van der Waals surface area contributed by atoms with Crippen LogP contribution in [0.3, 0.4) is 0 Å². The molecule has 2 rings (SSSR count). The minimum Gasteiger partial charge on any atom is -0.385 e. The fourth-order valence-corrected chi connectivity index (χ4v) is 2.56. The number of ether oxygens (including phenoxy) is 1. The standard InChI is InChI=1S/C11H12F2O2S/c12-7-2-1-3-8(13)10(7)11(14)9-6-16-5-4-15-9/h1-3,9,11,14H,4-6H2. The highest BCUT2D eigenvalue weighted by atomic mass is 32.2. The number of halogens is 2. The molecule has 1 fully saturated rings. The van der Waals surface area contributed by atoms with Crippen LogP contribution in [0.15, 0.2) is 18.2 Å². The lowest BCUT2D eigenvalue weighted by molar-refractivity contribution is -0.0257. The molecule has 2 unspecified atom stereocenters. The van der Waals surface area contributed by atoms with Crippen molar-refractivity contribution in [1.82, 2.24) is 0 Å². The van der Waals surface area contributed by atoms with Gasteiger partial charge in [-0.2, -0.15) is 11.8 Å². The largest absolute Gasteiger partial charge is 0.385 e. The van der Waals surface area contributed by atoms with E-state index < -0.39 is 23.8 Å². The summed E-state index contributed by atoms with van der Waals surface area (Å²) in [5, 5.41) is 9.89. The number of hydrogen-bond acceptors (Lipinski definition) is 3. The van der Waals surface area contributed by atoms with Gasteiger partial charge < -0.3 is 9.84 Å². The van der Waals surface area contributed by atoms with Crippen molar-refractivity contribution in [2.24, 2.45) is 0 Å². The average Bonchev–Trinajstić information content (AvgIpc) is 2.30. The summed E-state index contributed by atoms with van der Waals surface area (Å²) in [5.41, 5.74) is -0.296. The molecule has 2 atom stereocenters. The lowest BCUT2D eigenvalue weighted by Crippen LogP contribution is -2.30. The third kappa shape index (κ3) is 2.36. The fraction of sp³-hybridized carbons (Fsp3) is 0.455. The molecule has 88 valence electrons. The first-order valence-corrected chi connectivity index (χ1v) is 6.17. The summed E-state index contributed by atoms with van der Waals surface area (Å²) < 4.78 is 32.1. The maximum Gasteiger partial charge on any atom is 0.132 e. The van der Waals surface area contributed by atoms with E-state index in [0.29, 0.717) is 12.4 Å². The molecule has 0 radical (unpaired) electrons. The van der Waals surface area contributed by atoms with E-state index in [1.54, 1.807) is 11.8 Å². The van der Waals surface area contributed by atoms with Gasteiger partial charge in [-0.1, -0.05) is 6.07 Å². The highest BCUT2D eigenvalue weighted by Crippen LogP contribution is 2.28. The zero-order valence-electron chi connectivity index (χ0n) is 8.53. The molecule has 2 nitrogen and oxygen atoms in total. The summed E-state index contributed by atoms with van der Waals surface area (Å²) in [6.07, 6.45) is -1.78. The predicted octanol–water partition coefficient (Wildman–Crippen LogP) is 2.13. The second-order valence-corrected chi connectivity index (χ2v) is 4.71. The van der Waals surface area contributed by atoms with E-state index >= 15 is 0 Å². The Morgan fingerprint density at radius 3 is 2.62 bits per heavy atom. The topological polar surface area (TPSA) is 29.5 Å². The number of aliphatic hydroxyl groups excluding tert-OH is 1. The van der Waals surface area contributed by atoms with Crippen LogP contribution in [0.25, 0.3) is 0 Å². The molecular formula is C11H12F2O2S. The number of benzene rings is 1. The first-order chi connectivity index (χ1) is 7.70. The lowest BCUT2D eigenvalue weighted by atomic mass is 10.0. The Balaban J connectivity index is 2.22. The van der Waals surface area contributed by atoms with E-state index in [2.05, 4.69) is 0 Å². The summed E-state index contributed by atoms with van der Waals surface area (Å²) in [6.45, 7) is 0.502. The Morgan fingerprint density at radius 1 is 1.38 bits per heavy atom. The molecule has 1 aromatic carbocycles. The van der Waals surface area contributed by atoms with Crippen LogP contribution >= 0.6 is 11.8 Å². The zero-order valence-corrected chi connectivity index (χ0v) is 9.34. The Kier molecular flexibility index (Phi) is 3.78. The number of aliphatic hydroxyl groups is 1. The van der Waals surface area contributed by atoms with Crippen molar-refractivity contribution in [3.05, 3.63) is 35.4 Å². The summed E-state index contributed by atoms with van der Waals surface area (Å²) in [7, 11) is 0. The van der Waals surface area contributed by atoms with E-state index in [1.165, 1.54) is 6.07 Å². The molecule has 5 heteroatoms. The van der Waals surface area contributed by atoms with Crippen LogP contribution in [0.2, 0.25) is 0 Å². The number of rotatable bonds is 2.